The highest BCUT2D eigenvalue weighted by molar-refractivity contribution is 6.26. The van der Waals surface area contributed by atoms with E-state index >= 15 is 0 Å². The molecule has 8 aromatic carbocycles. The zero-order valence-electron chi connectivity index (χ0n) is 28.4. The number of hydrogen-bond donors (Lipinski definition) is 0. The molecule has 0 spiro atoms. The molecule has 1 aliphatic carbocycles. The highest BCUT2D eigenvalue weighted by Crippen LogP contribution is 2.51. The van der Waals surface area contributed by atoms with E-state index < -0.39 is 0 Å². The van der Waals surface area contributed by atoms with E-state index in [1.165, 1.54) is 54.6 Å². The molecule has 0 N–H and O–H groups in total. The second-order valence-corrected chi connectivity index (χ2v) is 14.0. The summed E-state index contributed by atoms with van der Waals surface area (Å²) in [5.74, 6) is 1.97. The molecule has 1 aromatic heterocycles. The minimum Gasteiger partial charge on any atom is -0.208 e. The third-order valence-corrected chi connectivity index (χ3v) is 10.7. The Morgan fingerprint density at radius 1 is 0.314 bits per heavy atom. The first kappa shape index (κ1) is 29.5. The summed E-state index contributed by atoms with van der Waals surface area (Å²) in [4.78, 5) is 14.9. The summed E-state index contributed by atoms with van der Waals surface area (Å²) < 4.78 is 0. The second-order valence-electron chi connectivity index (χ2n) is 14.0. The molecule has 1 heterocycles. The number of hydrogen-bond acceptors (Lipinski definition) is 3. The van der Waals surface area contributed by atoms with Crippen molar-refractivity contribution >= 4 is 32.3 Å². The van der Waals surface area contributed by atoms with Gasteiger partial charge in [-0.15, -0.1) is 0 Å². The van der Waals surface area contributed by atoms with Crippen LogP contribution in [0.2, 0.25) is 0 Å². The predicted octanol–water partition coefficient (Wildman–Crippen LogP) is 12.3. The number of fused-ring (bicyclic) bond motifs is 9. The van der Waals surface area contributed by atoms with Gasteiger partial charge in [0.2, 0.25) is 0 Å². The lowest BCUT2D eigenvalue weighted by atomic mass is 9.81. The van der Waals surface area contributed by atoms with Crippen molar-refractivity contribution in [3.8, 4) is 56.4 Å². The maximum Gasteiger partial charge on any atom is 0.164 e. The molecule has 0 saturated carbocycles. The summed E-state index contributed by atoms with van der Waals surface area (Å²) >= 11 is 0. The van der Waals surface area contributed by atoms with Crippen LogP contribution >= 0.6 is 0 Å². The van der Waals surface area contributed by atoms with Crippen LogP contribution in [0.3, 0.4) is 0 Å². The van der Waals surface area contributed by atoms with Gasteiger partial charge in [-0.2, -0.15) is 0 Å². The summed E-state index contributed by atoms with van der Waals surface area (Å²) in [5.41, 5.74) is 10.6. The van der Waals surface area contributed by atoms with Gasteiger partial charge in [-0.25, -0.2) is 15.0 Å². The van der Waals surface area contributed by atoms with Gasteiger partial charge in [-0.3, -0.25) is 0 Å². The van der Waals surface area contributed by atoms with Crippen molar-refractivity contribution in [3.63, 3.8) is 0 Å². The van der Waals surface area contributed by atoms with Crippen molar-refractivity contribution in [2.24, 2.45) is 0 Å². The molecular weight excluding hydrogens is 619 g/mol. The van der Waals surface area contributed by atoms with Crippen molar-refractivity contribution in [2.75, 3.05) is 0 Å². The number of rotatable bonds is 4. The molecule has 0 fully saturated rings. The van der Waals surface area contributed by atoms with Crippen LogP contribution < -0.4 is 0 Å². The molecular formula is C48H33N3. The molecule has 9 aromatic rings. The molecule has 0 amide bonds. The third-order valence-electron chi connectivity index (χ3n) is 10.7. The third kappa shape index (κ3) is 4.69. The van der Waals surface area contributed by atoms with Crippen molar-refractivity contribution in [3.05, 3.63) is 175 Å². The molecule has 1 aliphatic rings. The van der Waals surface area contributed by atoms with Crippen molar-refractivity contribution < 1.29 is 0 Å². The van der Waals surface area contributed by atoms with Crippen LogP contribution in [-0.2, 0) is 5.41 Å². The van der Waals surface area contributed by atoms with Gasteiger partial charge < -0.3 is 0 Å². The van der Waals surface area contributed by atoms with Gasteiger partial charge in [0.1, 0.15) is 0 Å². The van der Waals surface area contributed by atoms with E-state index in [1.54, 1.807) is 0 Å². The monoisotopic (exact) mass is 651 g/mol. The topological polar surface area (TPSA) is 38.7 Å². The summed E-state index contributed by atoms with van der Waals surface area (Å²) in [7, 11) is 0. The Morgan fingerprint density at radius 3 is 1.49 bits per heavy atom. The Hall–Kier alpha value is -6.45. The van der Waals surface area contributed by atoms with Crippen LogP contribution in [0.15, 0.2) is 164 Å². The first-order chi connectivity index (χ1) is 25.0. The van der Waals surface area contributed by atoms with Gasteiger partial charge in [0, 0.05) is 22.1 Å². The Labute approximate surface area is 297 Å². The average molecular weight is 652 g/mol. The molecule has 0 bridgehead atoms. The Kier molecular flexibility index (Phi) is 6.53. The normalized spacial score (nSPS) is 13.1. The number of nitrogens with zero attached hydrogens (tertiary/aromatic N) is 3. The van der Waals surface area contributed by atoms with Crippen LogP contribution in [0.1, 0.15) is 25.0 Å². The zero-order valence-corrected chi connectivity index (χ0v) is 28.4. The van der Waals surface area contributed by atoms with Crippen LogP contribution in [-0.4, -0.2) is 15.0 Å². The fourth-order valence-electron chi connectivity index (χ4n) is 8.10. The van der Waals surface area contributed by atoms with Gasteiger partial charge in [-0.1, -0.05) is 153 Å². The Morgan fingerprint density at radius 2 is 0.804 bits per heavy atom. The van der Waals surface area contributed by atoms with Crippen LogP contribution in [0, 0.1) is 0 Å². The summed E-state index contributed by atoms with van der Waals surface area (Å²) in [6.45, 7) is 4.71. The smallest absolute Gasteiger partial charge is 0.164 e. The first-order valence-electron chi connectivity index (χ1n) is 17.5. The molecule has 0 unspecified atom stereocenters. The van der Waals surface area contributed by atoms with Crippen molar-refractivity contribution in [2.45, 2.75) is 19.3 Å². The predicted molar refractivity (Wildman–Crippen MR) is 212 cm³/mol. The lowest BCUT2D eigenvalue weighted by Gasteiger charge is -2.22. The van der Waals surface area contributed by atoms with E-state index in [2.05, 4.69) is 117 Å². The van der Waals surface area contributed by atoms with Gasteiger partial charge in [0.05, 0.1) is 0 Å². The Bertz CT molecular complexity index is 2760. The molecule has 3 nitrogen and oxygen atoms in total. The SMILES string of the molecule is CC1(C)c2ccccc2-c2cc3c4ccccc4c4cc(-c5cccc(-c6nc(-c7ccccc7)nc(-c7ccccc7)n6)c5)ccc4c3cc21. The average Bonchev–Trinajstić information content (AvgIpc) is 3.43. The van der Waals surface area contributed by atoms with E-state index in [0.717, 1.165) is 27.8 Å². The largest absolute Gasteiger partial charge is 0.208 e. The minimum absolute atomic E-state index is 0.0613. The zero-order chi connectivity index (χ0) is 34.1. The molecule has 240 valence electrons. The minimum atomic E-state index is -0.0613. The van der Waals surface area contributed by atoms with E-state index in [4.69, 9.17) is 15.0 Å². The molecule has 0 radical (unpaired) electrons. The van der Waals surface area contributed by atoms with E-state index in [0.29, 0.717) is 17.5 Å². The van der Waals surface area contributed by atoms with Crippen LogP contribution in [0.25, 0.3) is 88.7 Å². The number of benzene rings is 8. The second kappa shape index (κ2) is 11.3. The van der Waals surface area contributed by atoms with Gasteiger partial charge >= 0.3 is 0 Å². The molecule has 51 heavy (non-hydrogen) atoms. The highest BCUT2D eigenvalue weighted by atomic mass is 15.0. The van der Waals surface area contributed by atoms with E-state index in [-0.39, 0.29) is 5.41 Å². The summed E-state index contributed by atoms with van der Waals surface area (Å²) in [6.07, 6.45) is 0. The first-order valence-corrected chi connectivity index (χ1v) is 17.5. The van der Waals surface area contributed by atoms with Gasteiger partial charge in [0.25, 0.3) is 0 Å². The highest BCUT2D eigenvalue weighted by Gasteiger charge is 2.35. The summed E-state index contributed by atoms with van der Waals surface area (Å²) in [6, 6.07) is 58.4. The van der Waals surface area contributed by atoms with Crippen molar-refractivity contribution in [1.29, 1.82) is 0 Å². The molecule has 0 atom stereocenters. The maximum absolute atomic E-state index is 4.99. The molecule has 0 aliphatic heterocycles. The van der Waals surface area contributed by atoms with Crippen LogP contribution in [0.4, 0.5) is 0 Å². The summed E-state index contributed by atoms with van der Waals surface area (Å²) in [5, 5.41) is 7.68. The fourth-order valence-corrected chi connectivity index (χ4v) is 8.10. The number of aromatic nitrogens is 3. The lowest BCUT2D eigenvalue weighted by molar-refractivity contribution is 0.661. The van der Waals surface area contributed by atoms with E-state index in [1.807, 2.05) is 60.7 Å². The molecule has 3 heteroatoms. The molecule has 10 rings (SSSR count). The molecule has 0 saturated heterocycles. The lowest BCUT2D eigenvalue weighted by Crippen LogP contribution is -2.14. The maximum atomic E-state index is 4.99. The Balaban J connectivity index is 1.14. The van der Waals surface area contributed by atoms with Crippen molar-refractivity contribution in [1.82, 2.24) is 15.0 Å². The quantitative estimate of drug-likeness (QED) is 0.178. The standard InChI is InChI=1S/C48H33N3/c1-48(2)43-23-12-11-22-38(43)42-28-40-36-21-10-9-20-35(36)39-27-33(24-25-37(39)41(40)29-44(42)48)32-18-13-19-34(26-32)47-50-45(30-14-5-3-6-15-30)49-46(51-47)31-16-7-4-8-17-31/h3-29H,1-2H3. The van der Waals surface area contributed by atoms with Crippen LogP contribution in [0.5, 0.6) is 0 Å². The fraction of sp³-hybridized carbons (Fsp3) is 0.0625. The van der Waals surface area contributed by atoms with Gasteiger partial charge in [-0.05, 0) is 90.0 Å². The van der Waals surface area contributed by atoms with Gasteiger partial charge in [0.15, 0.2) is 17.5 Å². The van der Waals surface area contributed by atoms with E-state index in [9.17, 15) is 0 Å².